The van der Waals surface area contributed by atoms with Crippen LogP contribution in [-0.2, 0) is 6.42 Å². The molecule has 0 amide bonds. The Hall–Kier alpha value is -0.790. The number of hydrogen-bond donors (Lipinski definition) is 1. The first-order valence-electron chi connectivity index (χ1n) is 6.52. The highest BCUT2D eigenvalue weighted by Crippen LogP contribution is 2.18. The van der Waals surface area contributed by atoms with E-state index in [4.69, 9.17) is 11.6 Å². The van der Waals surface area contributed by atoms with Gasteiger partial charge in [0, 0.05) is 10.6 Å². The molecule has 0 fully saturated rings. The van der Waals surface area contributed by atoms with Crippen LogP contribution in [-0.4, -0.2) is 12.1 Å². The summed E-state index contributed by atoms with van der Waals surface area (Å²) < 4.78 is 0. The molecular formula is C16H24ClN. The summed E-state index contributed by atoms with van der Waals surface area (Å²) in [6.07, 6.45) is 4.30. The number of rotatable bonds is 5. The quantitative estimate of drug-likeness (QED) is 0.606. The number of allylic oxidation sites excluding steroid dienone is 1. The molecule has 100 valence electrons. The number of benzene rings is 1. The summed E-state index contributed by atoms with van der Waals surface area (Å²) in [5, 5.41) is 4.34. The van der Waals surface area contributed by atoms with Gasteiger partial charge < -0.3 is 5.32 Å². The summed E-state index contributed by atoms with van der Waals surface area (Å²) in [4.78, 5) is 0. The first-order valence-corrected chi connectivity index (χ1v) is 6.90. The van der Waals surface area contributed by atoms with Crippen LogP contribution in [0.1, 0.15) is 39.7 Å². The minimum Gasteiger partial charge on any atom is -0.312 e. The summed E-state index contributed by atoms with van der Waals surface area (Å²) in [7, 11) is 0. The molecule has 0 radical (unpaired) electrons. The van der Waals surface area contributed by atoms with Gasteiger partial charge in [0.15, 0.2) is 0 Å². The predicted molar refractivity (Wildman–Crippen MR) is 81.3 cm³/mol. The van der Waals surface area contributed by atoms with Crippen molar-refractivity contribution in [1.29, 1.82) is 0 Å². The Morgan fingerprint density at radius 3 is 2.56 bits per heavy atom. The van der Waals surface area contributed by atoms with Gasteiger partial charge in [-0.1, -0.05) is 41.4 Å². The third-order valence-corrected chi connectivity index (χ3v) is 3.09. The number of halogens is 1. The fourth-order valence-corrected chi connectivity index (χ4v) is 1.98. The Bertz CT molecular complexity index is 402. The summed E-state index contributed by atoms with van der Waals surface area (Å²) in [5.41, 5.74) is 2.78. The number of hydrogen-bond acceptors (Lipinski definition) is 1. The molecule has 0 atom stereocenters. The van der Waals surface area contributed by atoms with Crippen molar-refractivity contribution in [3.8, 4) is 0 Å². The van der Waals surface area contributed by atoms with E-state index in [1.807, 2.05) is 18.2 Å². The largest absolute Gasteiger partial charge is 0.312 e. The zero-order valence-corrected chi connectivity index (χ0v) is 12.6. The molecule has 0 heterocycles. The number of nitrogens with one attached hydrogen (secondary N) is 1. The molecule has 0 aromatic heterocycles. The second-order valence-corrected chi connectivity index (χ2v) is 6.19. The van der Waals surface area contributed by atoms with Crippen molar-refractivity contribution in [2.24, 2.45) is 0 Å². The molecule has 0 saturated heterocycles. The fraction of sp³-hybridized carbons (Fsp3) is 0.500. The summed E-state index contributed by atoms with van der Waals surface area (Å²) in [6, 6.07) is 8.05. The predicted octanol–water partition coefficient (Wildman–Crippen LogP) is 4.61. The van der Waals surface area contributed by atoms with E-state index in [0.29, 0.717) is 0 Å². The van der Waals surface area contributed by atoms with Crippen LogP contribution in [0.25, 0.3) is 0 Å². The third-order valence-electron chi connectivity index (χ3n) is 2.72. The van der Waals surface area contributed by atoms with E-state index in [1.54, 1.807) is 0 Å². The monoisotopic (exact) mass is 265 g/mol. The Morgan fingerprint density at radius 1 is 1.28 bits per heavy atom. The zero-order valence-electron chi connectivity index (χ0n) is 11.9. The van der Waals surface area contributed by atoms with Gasteiger partial charge in [0.2, 0.25) is 0 Å². The van der Waals surface area contributed by atoms with E-state index in [-0.39, 0.29) is 5.54 Å². The Kier molecular flexibility index (Phi) is 5.90. The molecule has 0 aliphatic carbocycles. The van der Waals surface area contributed by atoms with Crippen molar-refractivity contribution >= 4 is 11.6 Å². The Labute approximate surface area is 116 Å². The maximum atomic E-state index is 6.15. The van der Waals surface area contributed by atoms with Gasteiger partial charge in [-0.15, -0.1) is 0 Å². The fourth-order valence-electron chi connectivity index (χ4n) is 1.78. The maximum absolute atomic E-state index is 6.15. The highest BCUT2D eigenvalue weighted by atomic mass is 35.5. The van der Waals surface area contributed by atoms with Crippen molar-refractivity contribution in [1.82, 2.24) is 5.32 Å². The van der Waals surface area contributed by atoms with E-state index >= 15 is 0 Å². The van der Waals surface area contributed by atoms with Gasteiger partial charge >= 0.3 is 0 Å². The van der Waals surface area contributed by atoms with Gasteiger partial charge in [-0.25, -0.2) is 0 Å². The lowest BCUT2D eigenvalue weighted by Gasteiger charge is -2.19. The van der Waals surface area contributed by atoms with Gasteiger partial charge in [0.1, 0.15) is 0 Å². The Morgan fingerprint density at radius 2 is 1.94 bits per heavy atom. The lowest BCUT2D eigenvalue weighted by atomic mass is 10.1. The van der Waals surface area contributed by atoms with Crippen molar-refractivity contribution in [3.05, 3.63) is 46.5 Å². The second kappa shape index (κ2) is 6.96. The van der Waals surface area contributed by atoms with Gasteiger partial charge in [0.05, 0.1) is 0 Å². The molecule has 0 saturated carbocycles. The van der Waals surface area contributed by atoms with Crippen LogP contribution in [0.4, 0.5) is 0 Å². The molecule has 18 heavy (non-hydrogen) atoms. The first-order chi connectivity index (χ1) is 8.38. The van der Waals surface area contributed by atoms with E-state index < -0.39 is 0 Å². The highest BCUT2D eigenvalue weighted by Gasteiger charge is 2.06. The molecule has 0 aliphatic rings. The van der Waals surface area contributed by atoms with Gasteiger partial charge in [0.25, 0.3) is 0 Å². The molecule has 2 heteroatoms. The summed E-state index contributed by atoms with van der Waals surface area (Å²) in [6.45, 7) is 9.75. The third kappa shape index (κ3) is 6.23. The van der Waals surface area contributed by atoms with Crippen molar-refractivity contribution in [2.45, 2.75) is 46.1 Å². The van der Waals surface area contributed by atoms with Crippen molar-refractivity contribution < 1.29 is 0 Å². The molecule has 0 aliphatic heterocycles. The minimum atomic E-state index is 0.199. The minimum absolute atomic E-state index is 0.199. The van der Waals surface area contributed by atoms with Crippen LogP contribution in [0.3, 0.4) is 0 Å². The van der Waals surface area contributed by atoms with Crippen LogP contribution < -0.4 is 5.32 Å². The van der Waals surface area contributed by atoms with Crippen LogP contribution in [0.5, 0.6) is 0 Å². The Balaban J connectivity index is 2.41. The molecule has 0 bridgehead atoms. The molecule has 1 aromatic carbocycles. The van der Waals surface area contributed by atoms with Gasteiger partial charge in [-0.05, 0) is 58.7 Å². The lowest BCUT2D eigenvalue weighted by molar-refractivity contribution is 0.431. The molecule has 1 rings (SSSR count). The molecule has 1 N–H and O–H groups in total. The zero-order chi connectivity index (χ0) is 13.6. The average Bonchev–Trinajstić information content (AvgIpc) is 2.26. The topological polar surface area (TPSA) is 12.0 Å². The summed E-state index contributed by atoms with van der Waals surface area (Å²) >= 11 is 6.15. The molecule has 1 aromatic rings. The standard InChI is InChI=1S/C16H24ClN/c1-13(8-7-11-18-16(2,3)4)12-14-9-5-6-10-15(14)17/h5-6,8-10,18H,7,11-12H2,1-4H3. The molecular weight excluding hydrogens is 242 g/mol. The summed E-state index contributed by atoms with van der Waals surface area (Å²) in [5.74, 6) is 0. The highest BCUT2D eigenvalue weighted by molar-refractivity contribution is 6.31. The smallest absolute Gasteiger partial charge is 0.0441 e. The van der Waals surface area contributed by atoms with E-state index in [9.17, 15) is 0 Å². The second-order valence-electron chi connectivity index (χ2n) is 5.78. The SMILES string of the molecule is CC(=CCCNC(C)(C)C)Cc1ccccc1Cl. The van der Waals surface area contributed by atoms with Crippen LogP contribution in [0.15, 0.2) is 35.9 Å². The van der Waals surface area contributed by atoms with Crippen molar-refractivity contribution in [2.75, 3.05) is 6.54 Å². The van der Waals surface area contributed by atoms with E-state index in [1.165, 1.54) is 11.1 Å². The molecule has 1 nitrogen and oxygen atoms in total. The van der Waals surface area contributed by atoms with Crippen LogP contribution in [0.2, 0.25) is 5.02 Å². The average molecular weight is 266 g/mol. The van der Waals surface area contributed by atoms with Crippen LogP contribution >= 0.6 is 11.6 Å². The molecule has 0 spiro atoms. The maximum Gasteiger partial charge on any atom is 0.0441 e. The van der Waals surface area contributed by atoms with E-state index in [0.717, 1.165) is 24.4 Å². The van der Waals surface area contributed by atoms with Crippen LogP contribution in [0, 0.1) is 0 Å². The van der Waals surface area contributed by atoms with E-state index in [2.05, 4.69) is 45.2 Å². The normalized spacial score (nSPS) is 12.8. The molecule has 0 unspecified atom stereocenters. The van der Waals surface area contributed by atoms with Gasteiger partial charge in [-0.3, -0.25) is 0 Å². The van der Waals surface area contributed by atoms with Crippen molar-refractivity contribution in [3.63, 3.8) is 0 Å². The lowest BCUT2D eigenvalue weighted by Crippen LogP contribution is -2.36. The van der Waals surface area contributed by atoms with Gasteiger partial charge in [-0.2, -0.15) is 0 Å². The first kappa shape index (κ1) is 15.3.